The van der Waals surface area contributed by atoms with Crippen molar-refractivity contribution in [3.05, 3.63) is 41.9 Å². The van der Waals surface area contributed by atoms with Gasteiger partial charge in [0.1, 0.15) is 12.4 Å². The van der Waals surface area contributed by atoms with Gasteiger partial charge in [-0.25, -0.2) is 4.79 Å². The summed E-state index contributed by atoms with van der Waals surface area (Å²) in [5.74, 6) is 0.237. The number of hydrogen-bond acceptors (Lipinski definition) is 5. The highest BCUT2D eigenvalue weighted by atomic mass is 16.5. The normalized spacial score (nSPS) is 10.9. The second-order valence-electron chi connectivity index (χ2n) is 4.88. The van der Waals surface area contributed by atoms with Crippen molar-refractivity contribution < 1.29 is 14.3 Å². The second kappa shape index (κ2) is 5.51. The number of fused-ring (bicyclic) bond motifs is 1. The number of aromatic nitrogens is 4. The molecule has 0 aliphatic rings. The van der Waals surface area contributed by atoms with E-state index < -0.39 is 5.97 Å². The number of hydrogen-bond donors (Lipinski definition) is 0. The molecule has 0 saturated carbocycles. The molecule has 22 heavy (non-hydrogen) atoms. The van der Waals surface area contributed by atoms with Crippen LogP contribution in [0.3, 0.4) is 0 Å². The number of methoxy groups -OCH3 is 1. The average Bonchev–Trinajstić information content (AvgIpc) is 3.06. The Morgan fingerprint density at radius 1 is 1.23 bits per heavy atom. The molecule has 0 amide bonds. The fraction of sp³-hybridized carbons (Fsp3) is 0.267. The maximum Gasteiger partial charge on any atom is 0.356 e. The summed E-state index contributed by atoms with van der Waals surface area (Å²) in [4.78, 5) is 11.9. The van der Waals surface area contributed by atoms with Gasteiger partial charge in [0.2, 0.25) is 0 Å². The van der Waals surface area contributed by atoms with E-state index in [1.165, 1.54) is 11.8 Å². The lowest BCUT2D eigenvalue weighted by molar-refractivity contribution is 0.0590. The molecule has 0 atom stereocenters. The monoisotopic (exact) mass is 300 g/mol. The van der Waals surface area contributed by atoms with E-state index in [0.717, 1.165) is 11.2 Å². The highest BCUT2D eigenvalue weighted by Gasteiger charge is 2.17. The lowest BCUT2D eigenvalue weighted by atomic mass is 10.2. The van der Waals surface area contributed by atoms with Gasteiger partial charge in [-0.15, -0.1) is 0 Å². The smallest absolute Gasteiger partial charge is 0.356 e. The summed E-state index contributed by atoms with van der Waals surface area (Å²) >= 11 is 0. The summed E-state index contributed by atoms with van der Waals surface area (Å²) in [6.07, 6.45) is 1.72. The second-order valence-corrected chi connectivity index (χ2v) is 4.88. The zero-order chi connectivity index (χ0) is 15.7. The van der Waals surface area contributed by atoms with Gasteiger partial charge in [-0.2, -0.15) is 10.2 Å². The van der Waals surface area contributed by atoms with Crippen molar-refractivity contribution in [2.45, 2.75) is 6.61 Å². The molecule has 114 valence electrons. The molecule has 0 aliphatic carbocycles. The summed E-state index contributed by atoms with van der Waals surface area (Å²) in [6, 6.07) is 7.33. The van der Waals surface area contributed by atoms with Gasteiger partial charge >= 0.3 is 5.97 Å². The predicted molar refractivity (Wildman–Crippen MR) is 79.6 cm³/mol. The van der Waals surface area contributed by atoms with Crippen LogP contribution in [0.5, 0.6) is 5.75 Å². The van der Waals surface area contributed by atoms with Gasteiger partial charge in [0.25, 0.3) is 0 Å². The van der Waals surface area contributed by atoms with Crippen LogP contribution >= 0.6 is 0 Å². The summed E-state index contributed by atoms with van der Waals surface area (Å²) in [7, 11) is 4.92. The van der Waals surface area contributed by atoms with Crippen LogP contribution < -0.4 is 4.74 Å². The van der Waals surface area contributed by atoms with Crippen LogP contribution in [0.4, 0.5) is 0 Å². The molecule has 0 unspecified atom stereocenters. The highest BCUT2D eigenvalue weighted by Crippen LogP contribution is 2.24. The Morgan fingerprint density at radius 2 is 2.05 bits per heavy atom. The van der Waals surface area contributed by atoms with Crippen molar-refractivity contribution in [3.8, 4) is 5.75 Å². The van der Waals surface area contributed by atoms with E-state index in [-0.39, 0.29) is 0 Å². The van der Waals surface area contributed by atoms with Gasteiger partial charge in [0.15, 0.2) is 5.69 Å². The van der Waals surface area contributed by atoms with Crippen molar-refractivity contribution in [2.75, 3.05) is 7.11 Å². The number of benzene rings is 1. The zero-order valence-corrected chi connectivity index (χ0v) is 12.6. The number of nitrogens with zero attached hydrogens (tertiary/aromatic N) is 4. The predicted octanol–water partition coefficient (Wildman–Crippen LogP) is 1.67. The first kappa shape index (κ1) is 14.1. The van der Waals surface area contributed by atoms with Crippen molar-refractivity contribution in [3.63, 3.8) is 0 Å². The average molecular weight is 300 g/mol. The highest BCUT2D eigenvalue weighted by molar-refractivity contribution is 6.02. The van der Waals surface area contributed by atoms with E-state index in [1.54, 1.807) is 24.0 Å². The fourth-order valence-corrected chi connectivity index (χ4v) is 2.31. The third-order valence-electron chi connectivity index (χ3n) is 3.49. The third-order valence-corrected chi connectivity index (χ3v) is 3.49. The summed E-state index contributed by atoms with van der Waals surface area (Å²) in [5, 5.41) is 9.09. The van der Waals surface area contributed by atoms with Crippen molar-refractivity contribution in [2.24, 2.45) is 14.1 Å². The molecule has 0 bridgehead atoms. The Kier molecular flexibility index (Phi) is 3.54. The molecule has 3 rings (SSSR count). The first-order valence-corrected chi connectivity index (χ1v) is 6.75. The van der Waals surface area contributed by atoms with E-state index >= 15 is 0 Å². The molecular weight excluding hydrogens is 284 g/mol. The molecule has 2 heterocycles. The molecule has 0 saturated heterocycles. The molecular formula is C15H16N4O3. The van der Waals surface area contributed by atoms with Crippen LogP contribution in [0.1, 0.15) is 16.2 Å². The van der Waals surface area contributed by atoms with Crippen LogP contribution in [0.25, 0.3) is 10.9 Å². The molecule has 0 spiro atoms. The fourth-order valence-electron chi connectivity index (χ4n) is 2.31. The number of carbonyl (C=O) groups is 1. The molecule has 0 aliphatic heterocycles. The largest absolute Gasteiger partial charge is 0.487 e. The Hall–Kier alpha value is -2.83. The molecule has 0 radical (unpaired) electrons. The Bertz CT molecular complexity index is 835. The number of aryl methyl sites for hydroxylation is 2. The Morgan fingerprint density at radius 3 is 2.73 bits per heavy atom. The van der Waals surface area contributed by atoms with Gasteiger partial charge in [-0.3, -0.25) is 9.36 Å². The van der Waals surface area contributed by atoms with Crippen LogP contribution in [0.2, 0.25) is 0 Å². The van der Waals surface area contributed by atoms with Crippen LogP contribution in [-0.2, 0) is 25.4 Å². The molecule has 2 aromatic heterocycles. The molecule has 7 heteroatoms. The maximum absolute atomic E-state index is 11.9. The van der Waals surface area contributed by atoms with Crippen molar-refractivity contribution in [1.82, 2.24) is 19.6 Å². The van der Waals surface area contributed by atoms with Gasteiger partial charge in [0, 0.05) is 25.7 Å². The molecule has 7 nitrogen and oxygen atoms in total. The molecule has 1 aromatic carbocycles. The Balaban J connectivity index is 1.91. The van der Waals surface area contributed by atoms with Gasteiger partial charge in [0.05, 0.1) is 18.3 Å². The molecule has 0 fully saturated rings. The lowest BCUT2D eigenvalue weighted by Gasteiger charge is -2.06. The first-order valence-electron chi connectivity index (χ1n) is 6.75. The zero-order valence-electron chi connectivity index (χ0n) is 12.6. The van der Waals surface area contributed by atoms with Gasteiger partial charge in [-0.05, 0) is 24.3 Å². The standard InChI is InChI=1S/C15H16N4O3/c1-18-10(6-7-16-18)9-22-11-4-5-13-12(8-11)14(15(20)21-3)19(2)17-13/h4-8H,9H2,1-3H3. The number of esters is 1. The minimum absolute atomic E-state index is 0.399. The third kappa shape index (κ3) is 2.41. The topological polar surface area (TPSA) is 71.2 Å². The van der Waals surface area contributed by atoms with E-state index in [1.807, 2.05) is 25.2 Å². The van der Waals surface area contributed by atoms with Gasteiger partial charge in [-0.1, -0.05) is 0 Å². The lowest BCUT2D eigenvalue weighted by Crippen LogP contribution is -2.08. The summed E-state index contributed by atoms with van der Waals surface area (Å²) < 4.78 is 13.8. The van der Waals surface area contributed by atoms with Crippen molar-refractivity contribution in [1.29, 1.82) is 0 Å². The van der Waals surface area contributed by atoms with E-state index in [9.17, 15) is 4.79 Å². The van der Waals surface area contributed by atoms with E-state index in [4.69, 9.17) is 9.47 Å². The SMILES string of the molecule is COC(=O)c1c2cc(OCc3ccnn3C)ccc2nn1C. The van der Waals surface area contributed by atoms with Crippen molar-refractivity contribution >= 4 is 16.9 Å². The molecule has 0 N–H and O–H groups in total. The minimum Gasteiger partial charge on any atom is -0.487 e. The van der Waals surface area contributed by atoms with Crippen LogP contribution in [0.15, 0.2) is 30.5 Å². The number of rotatable bonds is 4. The minimum atomic E-state index is -0.422. The van der Waals surface area contributed by atoms with Crippen LogP contribution in [0, 0.1) is 0 Å². The van der Waals surface area contributed by atoms with E-state index in [0.29, 0.717) is 23.4 Å². The quantitative estimate of drug-likeness (QED) is 0.685. The molecule has 3 aromatic rings. The summed E-state index contributed by atoms with van der Waals surface area (Å²) in [5.41, 5.74) is 2.08. The van der Waals surface area contributed by atoms with E-state index in [2.05, 4.69) is 10.2 Å². The number of ether oxygens (including phenoxy) is 2. The summed E-state index contributed by atoms with van der Waals surface area (Å²) in [6.45, 7) is 0.399. The van der Waals surface area contributed by atoms with Crippen LogP contribution in [-0.4, -0.2) is 32.6 Å². The van der Waals surface area contributed by atoms with Gasteiger partial charge < -0.3 is 9.47 Å². The number of carbonyl (C=O) groups excluding carboxylic acids is 1. The first-order chi connectivity index (χ1) is 10.6. The Labute approximate surface area is 127 Å². The maximum atomic E-state index is 11.9.